The lowest BCUT2D eigenvalue weighted by Gasteiger charge is -2.20. The van der Waals surface area contributed by atoms with Crippen LogP contribution in [0, 0.1) is 11.8 Å². The highest BCUT2D eigenvalue weighted by Crippen LogP contribution is 2.39. The fourth-order valence-corrected chi connectivity index (χ4v) is 6.15. The number of nitrogens with zero attached hydrogens (tertiary/aromatic N) is 2. The third kappa shape index (κ3) is 5.09. The van der Waals surface area contributed by atoms with E-state index in [2.05, 4.69) is 40.5 Å². The van der Waals surface area contributed by atoms with Crippen LogP contribution >= 0.6 is 0 Å². The summed E-state index contributed by atoms with van der Waals surface area (Å²) in [5.41, 5.74) is 4.67. The number of aromatic nitrogens is 1. The van der Waals surface area contributed by atoms with Gasteiger partial charge in [-0.2, -0.15) is 0 Å². The highest BCUT2D eigenvalue weighted by Gasteiger charge is 2.41. The van der Waals surface area contributed by atoms with E-state index in [-0.39, 0.29) is 11.9 Å². The summed E-state index contributed by atoms with van der Waals surface area (Å²) in [6.07, 6.45) is 2.10. The molecular weight excluding hydrogens is 458 g/mol. The molecule has 2 fully saturated rings. The molecule has 6 rings (SSSR count). The van der Waals surface area contributed by atoms with Gasteiger partial charge >= 0.3 is 0 Å². The molecule has 1 aliphatic carbocycles. The van der Waals surface area contributed by atoms with Gasteiger partial charge in [0.15, 0.2) is 0 Å². The topological polar surface area (TPSA) is 54.5 Å². The summed E-state index contributed by atoms with van der Waals surface area (Å²) in [6, 6.07) is 28.7. The Bertz CT molecular complexity index is 1370. The van der Waals surface area contributed by atoms with Gasteiger partial charge in [0.2, 0.25) is 0 Å². The number of hydrogen-bond donors (Lipinski definition) is 1. The molecular formula is C32H33N3O2. The zero-order valence-electron chi connectivity index (χ0n) is 21.3. The van der Waals surface area contributed by atoms with E-state index in [1.165, 1.54) is 5.56 Å². The van der Waals surface area contributed by atoms with E-state index in [1.54, 1.807) is 0 Å². The molecule has 2 aliphatic rings. The Morgan fingerprint density at radius 2 is 1.65 bits per heavy atom. The predicted octanol–water partition coefficient (Wildman–Crippen LogP) is 5.94. The van der Waals surface area contributed by atoms with Crippen LogP contribution in [0.5, 0.6) is 5.75 Å². The van der Waals surface area contributed by atoms with Gasteiger partial charge < -0.3 is 10.1 Å². The van der Waals surface area contributed by atoms with Crippen molar-refractivity contribution in [2.75, 3.05) is 19.7 Å². The third-order valence-electron chi connectivity index (χ3n) is 7.83. The molecule has 1 amide bonds. The normalized spacial score (nSPS) is 21.2. The number of hydrogen-bond acceptors (Lipinski definition) is 4. The van der Waals surface area contributed by atoms with Crippen LogP contribution in [0.15, 0.2) is 84.9 Å². The van der Waals surface area contributed by atoms with Gasteiger partial charge in [-0.15, -0.1) is 0 Å². The maximum atomic E-state index is 13.6. The number of rotatable bonds is 7. The Kier molecular flexibility index (Phi) is 6.62. The first-order valence-electron chi connectivity index (χ1n) is 13.4. The second-order valence-electron chi connectivity index (χ2n) is 10.4. The van der Waals surface area contributed by atoms with Crippen molar-refractivity contribution < 1.29 is 9.53 Å². The number of nitrogens with one attached hydrogen (secondary N) is 1. The second kappa shape index (κ2) is 10.3. The first-order valence-corrected chi connectivity index (χ1v) is 13.4. The lowest BCUT2D eigenvalue weighted by atomic mass is 10.0. The van der Waals surface area contributed by atoms with E-state index >= 15 is 0 Å². The molecule has 0 radical (unpaired) electrons. The van der Waals surface area contributed by atoms with E-state index in [0.717, 1.165) is 60.4 Å². The number of benzene rings is 3. The van der Waals surface area contributed by atoms with Gasteiger partial charge in [0.25, 0.3) is 5.91 Å². The molecule has 1 saturated heterocycles. The van der Waals surface area contributed by atoms with Gasteiger partial charge in [0.05, 0.1) is 23.4 Å². The lowest BCUT2D eigenvalue weighted by molar-refractivity contribution is 0.0936. The number of ether oxygens (including phenoxy) is 1. The van der Waals surface area contributed by atoms with E-state index in [4.69, 9.17) is 9.72 Å². The van der Waals surface area contributed by atoms with Gasteiger partial charge in [0, 0.05) is 36.6 Å². The second-order valence-corrected chi connectivity index (χ2v) is 10.4. The Hall–Kier alpha value is -3.70. The van der Waals surface area contributed by atoms with Crippen molar-refractivity contribution in [3.63, 3.8) is 0 Å². The lowest BCUT2D eigenvalue weighted by Crippen LogP contribution is -2.35. The van der Waals surface area contributed by atoms with Gasteiger partial charge in [-0.1, -0.05) is 48.5 Å². The van der Waals surface area contributed by atoms with E-state index in [9.17, 15) is 4.79 Å². The minimum atomic E-state index is -0.00287. The largest absolute Gasteiger partial charge is 0.494 e. The summed E-state index contributed by atoms with van der Waals surface area (Å²) < 4.78 is 5.58. The van der Waals surface area contributed by atoms with Crippen LogP contribution in [0.25, 0.3) is 22.2 Å². The third-order valence-corrected chi connectivity index (χ3v) is 7.83. The zero-order valence-corrected chi connectivity index (χ0v) is 21.3. The van der Waals surface area contributed by atoms with Crippen molar-refractivity contribution in [3.8, 4) is 17.0 Å². The molecule has 1 saturated carbocycles. The van der Waals surface area contributed by atoms with Crippen LogP contribution in [0.2, 0.25) is 0 Å². The minimum absolute atomic E-state index is 0.00287. The fourth-order valence-electron chi connectivity index (χ4n) is 6.15. The number of carbonyl (C=O) groups is 1. The maximum Gasteiger partial charge on any atom is 0.252 e. The molecule has 188 valence electrons. The van der Waals surface area contributed by atoms with Crippen LogP contribution < -0.4 is 10.1 Å². The van der Waals surface area contributed by atoms with Gasteiger partial charge in [-0.25, -0.2) is 4.98 Å². The highest BCUT2D eigenvalue weighted by molar-refractivity contribution is 6.07. The Morgan fingerprint density at radius 1 is 0.946 bits per heavy atom. The molecule has 0 bridgehead atoms. The van der Waals surface area contributed by atoms with Crippen molar-refractivity contribution in [1.82, 2.24) is 15.2 Å². The van der Waals surface area contributed by atoms with E-state index < -0.39 is 0 Å². The molecule has 3 aromatic carbocycles. The monoisotopic (exact) mass is 491 g/mol. The minimum Gasteiger partial charge on any atom is -0.494 e. The molecule has 1 aromatic heterocycles. The summed E-state index contributed by atoms with van der Waals surface area (Å²) in [4.78, 5) is 21.0. The number of pyridine rings is 1. The number of likely N-dealkylation sites (tertiary alicyclic amines) is 1. The SMILES string of the molecule is CCOc1ccc(-c2cc(C(=O)NC3C[C@@H]4CN(Cc5ccccc5)C[C@@H]4C3)c3ccccc3n2)cc1. The maximum absolute atomic E-state index is 13.6. The van der Waals surface area contributed by atoms with Crippen molar-refractivity contribution >= 4 is 16.8 Å². The fraction of sp³-hybridized carbons (Fsp3) is 0.312. The van der Waals surface area contributed by atoms with Gasteiger partial charge in [-0.05, 0) is 73.6 Å². The van der Waals surface area contributed by atoms with E-state index in [0.29, 0.717) is 24.0 Å². The van der Waals surface area contributed by atoms with Crippen LogP contribution in [0.1, 0.15) is 35.7 Å². The molecule has 2 heterocycles. The van der Waals surface area contributed by atoms with Crippen LogP contribution in [-0.4, -0.2) is 41.5 Å². The number of fused-ring (bicyclic) bond motifs is 2. The van der Waals surface area contributed by atoms with Crippen molar-refractivity contribution in [2.24, 2.45) is 11.8 Å². The van der Waals surface area contributed by atoms with Crippen molar-refractivity contribution in [2.45, 2.75) is 32.4 Å². The predicted molar refractivity (Wildman–Crippen MR) is 148 cm³/mol. The van der Waals surface area contributed by atoms with Gasteiger partial charge in [-0.3, -0.25) is 9.69 Å². The molecule has 1 N–H and O–H groups in total. The van der Waals surface area contributed by atoms with Crippen LogP contribution in [-0.2, 0) is 6.54 Å². The van der Waals surface area contributed by atoms with Crippen molar-refractivity contribution in [3.05, 3.63) is 96.1 Å². The first kappa shape index (κ1) is 23.7. The first-order chi connectivity index (χ1) is 18.2. The Balaban J connectivity index is 1.16. The quantitative estimate of drug-likeness (QED) is 0.348. The summed E-state index contributed by atoms with van der Waals surface area (Å²) >= 11 is 0. The zero-order chi connectivity index (χ0) is 25.2. The molecule has 4 aromatic rings. The standard InChI is InChI=1S/C32H33N3O2/c1-2-37-27-14-12-23(13-15-27)31-18-29(28-10-6-7-11-30(28)34-31)32(36)33-26-16-24-20-35(21-25(24)17-26)19-22-8-4-3-5-9-22/h3-15,18,24-26H,2,16-17,19-21H2,1H3,(H,33,36)/t24-,25+,26?. The molecule has 37 heavy (non-hydrogen) atoms. The Morgan fingerprint density at radius 3 is 2.38 bits per heavy atom. The molecule has 0 spiro atoms. The van der Waals surface area contributed by atoms with Crippen LogP contribution in [0.4, 0.5) is 0 Å². The number of para-hydroxylation sites is 1. The summed E-state index contributed by atoms with van der Waals surface area (Å²) in [5.74, 6) is 2.14. The average molecular weight is 492 g/mol. The molecule has 3 atom stereocenters. The number of amides is 1. The van der Waals surface area contributed by atoms with Crippen LogP contribution in [0.3, 0.4) is 0 Å². The number of carbonyl (C=O) groups excluding carboxylic acids is 1. The summed E-state index contributed by atoms with van der Waals surface area (Å²) in [6.45, 7) is 5.86. The molecule has 5 nitrogen and oxygen atoms in total. The molecule has 1 aliphatic heterocycles. The highest BCUT2D eigenvalue weighted by atomic mass is 16.5. The smallest absolute Gasteiger partial charge is 0.252 e. The van der Waals surface area contributed by atoms with Gasteiger partial charge in [0.1, 0.15) is 5.75 Å². The summed E-state index contributed by atoms with van der Waals surface area (Å²) in [7, 11) is 0. The van der Waals surface area contributed by atoms with E-state index in [1.807, 2.05) is 61.5 Å². The average Bonchev–Trinajstić information content (AvgIpc) is 3.47. The Labute approximate surface area is 218 Å². The summed E-state index contributed by atoms with van der Waals surface area (Å²) in [5, 5.41) is 4.27. The molecule has 1 unspecified atom stereocenters. The van der Waals surface area contributed by atoms with Crippen molar-refractivity contribution in [1.29, 1.82) is 0 Å². The molecule has 5 heteroatoms.